The summed E-state index contributed by atoms with van der Waals surface area (Å²) in [5.41, 5.74) is 2.22. The highest BCUT2D eigenvalue weighted by molar-refractivity contribution is 5.75. The zero-order valence-electron chi connectivity index (χ0n) is 13.9. The van der Waals surface area contributed by atoms with Gasteiger partial charge in [0, 0.05) is 31.6 Å². The van der Waals surface area contributed by atoms with Gasteiger partial charge in [0.05, 0.1) is 7.11 Å². The fourth-order valence-corrected chi connectivity index (χ4v) is 2.20. The number of hydrogen-bond donors (Lipinski definition) is 1. The number of methoxy groups -OCH3 is 1. The van der Waals surface area contributed by atoms with Crippen molar-refractivity contribution >= 4 is 5.91 Å². The van der Waals surface area contributed by atoms with Crippen molar-refractivity contribution in [3.8, 4) is 5.75 Å². The van der Waals surface area contributed by atoms with Crippen molar-refractivity contribution < 1.29 is 9.53 Å². The Labute approximate surface area is 128 Å². The SMILES string of the molecule is COc1ccc(C)cc1CN(C)C(=O)CCCNC(C)C. The van der Waals surface area contributed by atoms with E-state index < -0.39 is 0 Å². The van der Waals surface area contributed by atoms with E-state index in [4.69, 9.17) is 4.74 Å². The molecule has 0 aromatic heterocycles. The molecule has 0 fully saturated rings. The van der Waals surface area contributed by atoms with Gasteiger partial charge in [-0.05, 0) is 26.0 Å². The number of nitrogens with zero attached hydrogens (tertiary/aromatic N) is 1. The van der Waals surface area contributed by atoms with Crippen molar-refractivity contribution in [3.05, 3.63) is 29.3 Å². The first kappa shape index (κ1) is 17.5. The van der Waals surface area contributed by atoms with Crippen LogP contribution in [-0.2, 0) is 11.3 Å². The Morgan fingerprint density at radius 3 is 2.71 bits per heavy atom. The van der Waals surface area contributed by atoms with Gasteiger partial charge in [0.15, 0.2) is 0 Å². The predicted molar refractivity (Wildman–Crippen MR) is 86.6 cm³/mol. The summed E-state index contributed by atoms with van der Waals surface area (Å²) in [4.78, 5) is 13.9. The predicted octanol–water partition coefficient (Wildman–Crippen LogP) is 2.74. The minimum absolute atomic E-state index is 0.170. The highest BCUT2D eigenvalue weighted by Crippen LogP contribution is 2.21. The maximum atomic E-state index is 12.1. The van der Waals surface area contributed by atoms with E-state index in [2.05, 4.69) is 25.2 Å². The normalized spacial score (nSPS) is 10.8. The number of benzene rings is 1. The van der Waals surface area contributed by atoms with Crippen LogP contribution < -0.4 is 10.1 Å². The summed E-state index contributed by atoms with van der Waals surface area (Å²) in [6.45, 7) is 7.73. The topological polar surface area (TPSA) is 41.6 Å². The number of hydrogen-bond acceptors (Lipinski definition) is 3. The molecule has 21 heavy (non-hydrogen) atoms. The standard InChI is InChI=1S/C17H28N2O2/c1-13(2)18-10-6-7-17(20)19(4)12-15-11-14(3)8-9-16(15)21-5/h8-9,11,13,18H,6-7,10,12H2,1-5H3. The number of amides is 1. The summed E-state index contributed by atoms with van der Waals surface area (Å²) in [5, 5.41) is 3.32. The van der Waals surface area contributed by atoms with Crippen LogP contribution in [0, 0.1) is 6.92 Å². The molecule has 0 saturated heterocycles. The van der Waals surface area contributed by atoms with Crippen molar-refractivity contribution in [2.24, 2.45) is 0 Å². The van der Waals surface area contributed by atoms with E-state index in [9.17, 15) is 4.79 Å². The average Bonchev–Trinajstić information content (AvgIpc) is 2.43. The minimum Gasteiger partial charge on any atom is -0.496 e. The number of nitrogens with one attached hydrogen (secondary N) is 1. The molecule has 0 saturated carbocycles. The van der Waals surface area contributed by atoms with Crippen LogP contribution in [0.1, 0.15) is 37.8 Å². The Morgan fingerprint density at radius 1 is 1.38 bits per heavy atom. The quantitative estimate of drug-likeness (QED) is 0.749. The summed E-state index contributed by atoms with van der Waals surface area (Å²) in [6.07, 6.45) is 1.44. The van der Waals surface area contributed by atoms with Crippen LogP contribution in [0.15, 0.2) is 18.2 Å². The highest BCUT2D eigenvalue weighted by atomic mass is 16.5. The maximum Gasteiger partial charge on any atom is 0.222 e. The van der Waals surface area contributed by atoms with E-state index in [-0.39, 0.29) is 5.91 Å². The van der Waals surface area contributed by atoms with Crippen molar-refractivity contribution in [2.45, 2.75) is 46.2 Å². The molecule has 118 valence electrons. The fourth-order valence-electron chi connectivity index (χ4n) is 2.20. The van der Waals surface area contributed by atoms with Gasteiger partial charge >= 0.3 is 0 Å². The van der Waals surface area contributed by atoms with Gasteiger partial charge in [-0.25, -0.2) is 0 Å². The molecule has 4 nitrogen and oxygen atoms in total. The molecule has 1 amide bonds. The van der Waals surface area contributed by atoms with Gasteiger partial charge in [-0.1, -0.05) is 31.5 Å². The lowest BCUT2D eigenvalue weighted by Gasteiger charge is -2.19. The van der Waals surface area contributed by atoms with Crippen LogP contribution in [0.4, 0.5) is 0 Å². The molecule has 4 heteroatoms. The zero-order valence-corrected chi connectivity index (χ0v) is 13.9. The molecule has 0 spiro atoms. The number of carbonyl (C=O) groups is 1. The first-order valence-electron chi connectivity index (χ1n) is 7.55. The molecule has 0 aliphatic rings. The van der Waals surface area contributed by atoms with E-state index in [1.54, 1.807) is 12.0 Å². The van der Waals surface area contributed by atoms with Crippen LogP contribution in [0.25, 0.3) is 0 Å². The van der Waals surface area contributed by atoms with Crippen molar-refractivity contribution in [1.82, 2.24) is 10.2 Å². The second-order valence-electron chi connectivity index (χ2n) is 5.78. The van der Waals surface area contributed by atoms with Crippen LogP contribution >= 0.6 is 0 Å². The first-order chi connectivity index (χ1) is 9.93. The van der Waals surface area contributed by atoms with Gasteiger partial charge in [-0.15, -0.1) is 0 Å². The smallest absolute Gasteiger partial charge is 0.222 e. The Balaban J connectivity index is 2.50. The number of ether oxygens (including phenoxy) is 1. The monoisotopic (exact) mass is 292 g/mol. The molecular formula is C17H28N2O2. The zero-order chi connectivity index (χ0) is 15.8. The van der Waals surface area contributed by atoms with Gasteiger partial charge in [0.1, 0.15) is 5.75 Å². The molecule has 1 rings (SSSR count). The van der Waals surface area contributed by atoms with Crippen molar-refractivity contribution in [3.63, 3.8) is 0 Å². The second-order valence-corrected chi connectivity index (χ2v) is 5.78. The Hall–Kier alpha value is -1.55. The molecule has 1 aromatic rings. The number of rotatable bonds is 8. The Morgan fingerprint density at radius 2 is 2.10 bits per heavy atom. The Kier molecular flexibility index (Phi) is 7.23. The summed E-state index contributed by atoms with van der Waals surface area (Å²) < 4.78 is 5.36. The first-order valence-corrected chi connectivity index (χ1v) is 7.55. The van der Waals surface area contributed by atoms with Crippen molar-refractivity contribution in [1.29, 1.82) is 0 Å². The lowest BCUT2D eigenvalue weighted by atomic mass is 10.1. The summed E-state index contributed by atoms with van der Waals surface area (Å²) in [6, 6.07) is 6.51. The van der Waals surface area contributed by atoms with Crippen LogP contribution in [-0.4, -0.2) is 37.6 Å². The van der Waals surface area contributed by atoms with Gasteiger partial charge < -0.3 is 15.0 Å². The molecule has 0 aliphatic carbocycles. The molecule has 0 heterocycles. The van der Waals surface area contributed by atoms with Crippen LogP contribution in [0.3, 0.4) is 0 Å². The summed E-state index contributed by atoms with van der Waals surface area (Å²) in [5.74, 6) is 1.01. The van der Waals surface area contributed by atoms with E-state index >= 15 is 0 Å². The van der Waals surface area contributed by atoms with Gasteiger partial charge in [0.2, 0.25) is 5.91 Å². The molecule has 0 bridgehead atoms. The van der Waals surface area contributed by atoms with Crippen LogP contribution in [0.2, 0.25) is 0 Å². The molecule has 1 N–H and O–H groups in total. The molecule has 0 unspecified atom stereocenters. The summed E-state index contributed by atoms with van der Waals surface area (Å²) >= 11 is 0. The molecule has 0 aliphatic heterocycles. The van der Waals surface area contributed by atoms with E-state index in [0.717, 1.165) is 24.3 Å². The lowest BCUT2D eigenvalue weighted by Crippen LogP contribution is -2.28. The molecule has 0 atom stereocenters. The molecule has 0 radical (unpaired) electrons. The summed E-state index contributed by atoms with van der Waals surface area (Å²) in [7, 11) is 3.51. The third kappa shape index (κ3) is 6.17. The van der Waals surface area contributed by atoms with E-state index in [1.807, 2.05) is 26.1 Å². The third-order valence-electron chi connectivity index (χ3n) is 3.39. The highest BCUT2D eigenvalue weighted by Gasteiger charge is 2.12. The lowest BCUT2D eigenvalue weighted by molar-refractivity contribution is -0.130. The third-order valence-corrected chi connectivity index (χ3v) is 3.39. The number of carbonyl (C=O) groups excluding carboxylic acids is 1. The molecular weight excluding hydrogens is 264 g/mol. The minimum atomic E-state index is 0.170. The van der Waals surface area contributed by atoms with E-state index in [1.165, 1.54) is 5.56 Å². The van der Waals surface area contributed by atoms with Crippen LogP contribution in [0.5, 0.6) is 5.75 Å². The van der Waals surface area contributed by atoms with E-state index in [0.29, 0.717) is 19.0 Å². The fraction of sp³-hybridized carbons (Fsp3) is 0.588. The number of aryl methyl sites for hydroxylation is 1. The Bertz CT molecular complexity index is 458. The average molecular weight is 292 g/mol. The van der Waals surface area contributed by atoms with Gasteiger partial charge in [-0.3, -0.25) is 4.79 Å². The van der Waals surface area contributed by atoms with Gasteiger partial charge in [0.25, 0.3) is 0 Å². The van der Waals surface area contributed by atoms with Gasteiger partial charge in [-0.2, -0.15) is 0 Å². The molecule has 1 aromatic carbocycles. The largest absolute Gasteiger partial charge is 0.496 e. The maximum absolute atomic E-state index is 12.1. The second kappa shape index (κ2) is 8.67. The van der Waals surface area contributed by atoms with Crippen molar-refractivity contribution in [2.75, 3.05) is 20.7 Å².